The number of Topliss-reactive ketones (excluding diaryl/α,β-unsaturated/α-hetero) is 1. The fourth-order valence-electron chi connectivity index (χ4n) is 1.18. The van der Waals surface area contributed by atoms with Gasteiger partial charge in [0.2, 0.25) is 0 Å². The molecular formula is C9H10N4OS. The van der Waals surface area contributed by atoms with E-state index in [9.17, 15) is 4.79 Å². The smallest absolute Gasteiger partial charge is 0.195 e. The Morgan fingerprint density at radius 2 is 2.40 bits per heavy atom. The molecule has 2 aromatic heterocycles. The molecule has 2 rings (SSSR count). The van der Waals surface area contributed by atoms with Crippen LogP contribution in [0.15, 0.2) is 18.6 Å². The van der Waals surface area contributed by atoms with Gasteiger partial charge < -0.3 is 5.73 Å². The number of ketones is 1. The molecule has 0 spiro atoms. The first-order valence-electron chi connectivity index (χ1n) is 4.39. The number of carbonyl (C=O) groups excluding carboxylic acids is 1. The molecule has 0 radical (unpaired) electrons. The van der Waals surface area contributed by atoms with Gasteiger partial charge in [0.05, 0.1) is 21.8 Å². The van der Waals surface area contributed by atoms with Crippen LogP contribution in [-0.2, 0) is 6.54 Å². The molecule has 0 aromatic carbocycles. The third-order valence-electron chi connectivity index (χ3n) is 1.85. The van der Waals surface area contributed by atoms with Crippen LogP contribution >= 0.6 is 11.3 Å². The number of hydrogen-bond donors (Lipinski definition) is 1. The Hall–Kier alpha value is -1.69. The number of anilines is 1. The minimum absolute atomic E-state index is 0.00343. The molecular weight excluding hydrogens is 212 g/mol. The summed E-state index contributed by atoms with van der Waals surface area (Å²) in [6.45, 7) is 2.08. The van der Waals surface area contributed by atoms with Crippen LogP contribution in [0.5, 0.6) is 0 Å². The zero-order chi connectivity index (χ0) is 10.8. The second-order valence-corrected chi connectivity index (χ2v) is 4.37. The molecule has 0 saturated carbocycles. The van der Waals surface area contributed by atoms with Crippen molar-refractivity contribution in [3.8, 4) is 0 Å². The van der Waals surface area contributed by atoms with Crippen LogP contribution in [0.25, 0.3) is 0 Å². The number of carbonyl (C=O) groups is 1. The number of aryl methyl sites for hydroxylation is 1. The Labute approximate surface area is 90.6 Å². The molecule has 0 fully saturated rings. The fraction of sp³-hybridized carbons (Fsp3) is 0.222. The number of nitrogens with zero attached hydrogens (tertiary/aromatic N) is 3. The van der Waals surface area contributed by atoms with Gasteiger partial charge in [0, 0.05) is 12.4 Å². The van der Waals surface area contributed by atoms with Crippen LogP contribution in [0.3, 0.4) is 0 Å². The van der Waals surface area contributed by atoms with Crippen molar-refractivity contribution in [2.75, 3.05) is 5.73 Å². The second kappa shape index (κ2) is 3.82. The monoisotopic (exact) mass is 222 g/mol. The lowest BCUT2D eigenvalue weighted by Crippen LogP contribution is -2.09. The van der Waals surface area contributed by atoms with Gasteiger partial charge in [0.15, 0.2) is 5.78 Å². The number of nitrogens with two attached hydrogens (primary N) is 1. The fourth-order valence-corrected chi connectivity index (χ4v) is 1.89. The van der Waals surface area contributed by atoms with E-state index in [0.29, 0.717) is 10.6 Å². The van der Waals surface area contributed by atoms with Gasteiger partial charge in [0.1, 0.15) is 6.54 Å². The van der Waals surface area contributed by atoms with Gasteiger partial charge in [-0.3, -0.25) is 9.48 Å². The molecule has 6 heteroatoms. The molecule has 0 bridgehead atoms. The third kappa shape index (κ3) is 2.21. The summed E-state index contributed by atoms with van der Waals surface area (Å²) < 4.78 is 1.52. The highest BCUT2D eigenvalue weighted by Crippen LogP contribution is 2.13. The van der Waals surface area contributed by atoms with E-state index in [1.165, 1.54) is 22.2 Å². The van der Waals surface area contributed by atoms with Crippen LogP contribution < -0.4 is 5.73 Å². The van der Waals surface area contributed by atoms with E-state index in [-0.39, 0.29) is 12.3 Å². The molecule has 0 amide bonds. The second-order valence-electron chi connectivity index (χ2n) is 3.14. The van der Waals surface area contributed by atoms with Crippen molar-refractivity contribution in [2.45, 2.75) is 13.5 Å². The van der Waals surface area contributed by atoms with E-state index in [0.717, 1.165) is 5.01 Å². The number of aromatic nitrogens is 3. The van der Waals surface area contributed by atoms with Crippen LogP contribution in [-0.4, -0.2) is 20.5 Å². The van der Waals surface area contributed by atoms with Crippen molar-refractivity contribution >= 4 is 22.8 Å². The first-order valence-corrected chi connectivity index (χ1v) is 5.20. The van der Waals surface area contributed by atoms with E-state index in [1.54, 1.807) is 12.4 Å². The average Bonchev–Trinajstić information content (AvgIpc) is 2.75. The molecule has 0 saturated heterocycles. The summed E-state index contributed by atoms with van der Waals surface area (Å²) >= 11 is 1.39. The first-order chi connectivity index (χ1) is 7.15. The lowest BCUT2D eigenvalue weighted by Gasteiger charge is -1.97. The van der Waals surface area contributed by atoms with Gasteiger partial charge in [-0.25, -0.2) is 4.98 Å². The zero-order valence-electron chi connectivity index (χ0n) is 8.17. The molecule has 0 aliphatic carbocycles. The first kappa shape index (κ1) is 9.85. The Kier molecular flexibility index (Phi) is 2.51. The predicted molar refractivity (Wildman–Crippen MR) is 57.8 cm³/mol. The highest BCUT2D eigenvalue weighted by Gasteiger charge is 2.10. The average molecular weight is 222 g/mol. The van der Waals surface area contributed by atoms with Crippen molar-refractivity contribution in [1.29, 1.82) is 0 Å². The lowest BCUT2D eigenvalue weighted by molar-refractivity contribution is 0.0971. The number of rotatable bonds is 3. The van der Waals surface area contributed by atoms with Crippen molar-refractivity contribution < 1.29 is 4.79 Å². The number of thiazole rings is 1. The Bertz CT molecular complexity index is 488. The topological polar surface area (TPSA) is 73.8 Å². The quantitative estimate of drug-likeness (QED) is 0.789. The maximum absolute atomic E-state index is 11.7. The molecule has 5 nitrogen and oxygen atoms in total. The van der Waals surface area contributed by atoms with Gasteiger partial charge in [-0.1, -0.05) is 0 Å². The molecule has 0 unspecified atom stereocenters. The summed E-state index contributed by atoms with van der Waals surface area (Å²) in [6.07, 6.45) is 4.74. The summed E-state index contributed by atoms with van der Waals surface area (Å²) in [7, 11) is 0. The highest BCUT2D eigenvalue weighted by molar-refractivity contribution is 7.13. The maximum Gasteiger partial charge on any atom is 0.195 e. The minimum Gasteiger partial charge on any atom is -0.396 e. The van der Waals surface area contributed by atoms with Crippen molar-refractivity contribution in [3.63, 3.8) is 0 Å². The summed E-state index contributed by atoms with van der Waals surface area (Å²) in [4.78, 5) is 16.4. The van der Waals surface area contributed by atoms with Gasteiger partial charge in [-0.05, 0) is 6.92 Å². The Morgan fingerprint density at radius 3 is 2.93 bits per heavy atom. The summed E-state index contributed by atoms with van der Waals surface area (Å²) in [6, 6.07) is 0. The largest absolute Gasteiger partial charge is 0.396 e. The lowest BCUT2D eigenvalue weighted by atomic mass is 10.3. The van der Waals surface area contributed by atoms with Gasteiger partial charge in [-0.2, -0.15) is 5.10 Å². The molecule has 78 valence electrons. The molecule has 0 aliphatic rings. The van der Waals surface area contributed by atoms with Crippen molar-refractivity contribution in [3.05, 3.63) is 28.5 Å². The van der Waals surface area contributed by atoms with Gasteiger partial charge >= 0.3 is 0 Å². The summed E-state index contributed by atoms with van der Waals surface area (Å²) in [5.41, 5.74) is 6.05. The number of nitrogen functional groups attached to an aromatic ring is 1. The van der Waals surface area contributed by atoms with E-state index < -0.39 is 0 Å². The van der Waals surface area contributed by atoms with E-state index in [2.05, 4.69) is 10.1 Å². The van der Waals surface area contributed by atoms with E-state index >= 15 is 0 Å². The summed E-state index contributed by atoms with van der Waals surface area (Å²) in [5.74, 6) is 0.00343. The highest BCUT2D eigenvalue weighted by atomic mass is 32.1. The van der Waals surface area contributed by atoms with Crippen molar-refractivity contribution in [1.82, 2.24) is 14.8 Å². The Morgan fingerprint density at radius 1 is 1.60 bits per heavy atom. The van der Waals surface area contributed by atoms with E-state index in [1.807, 2.05) is 6.92 Å². The van der Waals surface area contributed by atoms with Gasteiger partial charge in [-0.15, -0.1) is 11.3 Å². The zero-order valence-corrected chi connectivity index (χ0v) is 8.99. The van der Waals surface area contributed by atoms with Crippen LogP contribution in [0, 0.1) is 6.92 Å². The molecule has 0 atom stereocenters. The third-order valence-corrected chi connectivity index (χ3v) is 2.81. The molecule has 2 aromatic rings. The Balaban J connectivity index is 2.10. The number of hydrogen-bond acceptors (Lipinski definition) is 5. The summed E-state index contributed by atoms with van der Waals surface area (Å²) in [5, 5.41) is 4.83. The normalized spacial score (nSPS) is 10.5. The van der Waals surface area contributed by atoms with Crippen LogP contribution in [0.1, 0.15) is 14.7 Å². The molecule has 2 heterocycles. The molecule has 2 N–H and O–H groups in total. The molecule has 0 aliphatic heterocycles. The molecule has 15 heavy (non-hydrogen) atoms. The van der Waals surface area contributed by atoms with Crippen LogP contribution in [0.4, 0.5) is 5.69 Å². The van der Waals surface area contributed by atoms with Gasteiger partial charge in [0.25, 0.3) is 0 Å². The van der Waals surface area contributed by atoms with E-state index in [4.69, 9.17) is 5.73 Å². The maximum atomic E-state index is 11.7. The standard InChI is InChI=1S/C9H10N4OS/c1-6-11-3-9(15-6)8(14)5-13-4-7(10)2-12-13/h2-4H,5,10H2,1H3. The predicted octanol–water partition coefficient (Wildman–Crippen LogP) is 1.11. The van der Waals surface area contributed by atoms with Crippen LogP contribution in [0.2, 0.25) is 0 Å². The van der Waals surface area contributed by atoms with Crippen molar-refractivity contribution in [2.24, 2.45) is 0 Å². The minimum atomic E-state index is 0.00343. The SMILES string of the molecule is Cc1ncc(C(=O)Cn2cc(N)cn2)s1.